The second-order valence-corrected chi connectivity index (χ2v) is 4.88. The Bertz CT molecular complexity index is 643. The molecule has 0 saturated carbocycles. The molecule has 1 aromatic carbocycles. The summed E-state index contributed by atoms with van der Waals surface area (Å²) < 4.78 is 54.1. The van der Waals surface area contributed by atoms with E-state index in [4.69, 9.17) is 9.60 Å². The summed E-state index contributed by atoms with van der Waals surface area (Å²) in [5.74, 6) is -0.955. The molecule has 106 valence electrons. The monoisotopic (exact) mass is 287 g/mol. The Balaban J connectivity index is 0.00000338. The zero-order valence-electron chi connectivity index (χ0n) is 18.1. The van der Waals surface area contributed by atoms with Crippen molar-refractivity contribution in [3.05, 3.63) is 35.3 Å². The molecule has 1 aliphatic heterocycles. The van der Waals surface area contributed by atoms with Crippen molar-refractivity contribution in [1.29, 1.82) is 0 Å². The lowest BCUT2D eigenvalue weighted by molar-refractivity contribution is -0.0000118. The van der Waals surface area contributed by atoms with E-state index in [1.54, 1.807) is 6.92 Å². The van der Waals surface area contributed by atoms with E-state index in [0.29, 0.717) is 6.54 Å². The number of nitrogens with zero attached hydrogens (tertiary/aromatic N) is 1. The van der Waals surface area contributed by atoms with Crippen LogP contribution in [0, 0.1) is 12.8 Å². The number of hydrogen-bond donors (Lipinski definition) is 0. The van der Waals surface area contributed by atoms with E-state index in [2.05, 4.69) is 4.90 Å². The largest absolute Gasteiger partial charge is 1.00 e. The van der Waals surface area contributed by atoms with Crippen LogP contribution in [0.1, 0.15) is 51.7 Å². The summed E-state index contributed by atoms with van der Waals surface area (Å²) in [5.41, 5.74) is -0.949. The Morgan fingerprint density at radius 3 is 2.53 bits per heavy atom. The van der Waals surface area contributed by atoms with Gasteiger partial charge in [-0.05, 0) is 32.8 Å². The van der Waals surface area contributed by atoms with Crippen LogP contribution >= 0.6 is 0 Å². The highest BCUT2D eigenvalue weighted by Gasteiger charge is 2.19. The Labute approximate surface area is 132 Å². The summed E-state index contributed by atoms with van der Waals surface area (Å²) >= 11 is 0. The van der Waals surface area contributed by atoms with E-state index in [9.17, 15) is 4.79 Å². The van der Waals surface area contributed by atoms with Crippen molar-refractivity contribution >= 4 is 5.78 Å². The highest BCUT2D eigenvalue weighted by atomic mass is 35.5. The fourth-order valence-electron chi connectivity index (χ4n) is 2.29. The lowest BCUT2D eigenvalue weighted by atomic mass is 9.97. The van der Waals surface area contributed by atoms with Crippen molar-refractivity contribution in [2.45, 2.75) is 33.0 Å². The summed E-state index contributed by atoms with van der Waals surface area (Å²) in [5, 5.41) is 0. The molecule has 3 heteroatoms. The van der Waals surface area contributed by atoms with Crippen LogP contribution < -0.4 is 12.4 Å². The number of likely N-dealkylation sites (tertiary alicyclic amines) is 1. The van der Waals surface area contributed by atoms with Crippen LogP contribution in [0.5, 0.6) is 0 Å². The summed E-state index contributed by atoms with van der Waals surface area (Å²) in [6.07, 6.45) is 3.33. The number of piperidine rings is 1. The molecule has 0 spiro atoms. The standard InChI is InChI=1S/C16H23NO.ClH/c1-13-6-8-15(9-7-13)16(18)14(2)12-17-10-4-3-5-11-17;/h6-9,14H,3-5,10-12H2,1-2H3;1H/p-1/i1D3,6D,7D,8D,9D;. The molecule has 0 bridgehead atoms. The fourth-order valence-corrected chi connectivity index (χ4v) is 2.29. The fraction of sp³-hybridized carbons (Fsp3) is 0.562. The van der Waals surface area contributed by atoms with E-state index in [1.807, 2.05) is 0 Å². The minimum Gasteiger partial charge on any atom is -1.00 e. The van der Waals surface area contributed by atoms with Gasteiger partial charge in [-0.3, -0.25) is 4.79 Å². The maximum Gasteiger partial charge on any atom is 0.166 e. The molecule has 0 aromatic heterocycles. The molecule has 1 atom stereocenters. The van der Waals surface area contributed by atoms with Crippen LogP contribution in [-0.4, -0.2) is 30.3 Å². The third-order valence-corrected chi connectivity index (χ3v) is 3.30. The number of benzene rings is 1. The summed E-state index contributed by atoms with van der Waals surface area (Å²) in [7, 11) is 0. The number of carbonyl (C=O) groups is 1. The lowest BCUT2D eigenvalue weighted by Crippen LogP contribution is -3.00. The third kappa shape index (κ3) is 4.63. The number of rotatable bonds is 4. The first kappa shape index (κ1) is 8.43. The molecular weight excluding hydrogens is 258 g/mol. The molecular formula is C16H23ClNO-. The summed E-state index contributed by atoms with van der Waals surface area (Å²) in [6, 6.07) is -2.45. The topological polar surface area (TPSA) is 20.3 Å². The van der Waals surface area contributed by atoms with Crippen molar-refractivity contribution in [2.75, 3.05) is 19.6 Å². The Morgan fingerprint density at radius 2 is 1.95 bits per heavy atom. The molecule has 0 aliphatic carbocycles. The Kier molecular flexibility index (Phi) is 3.40. The van der Waals surface area contributed by atoms with Crippen LogP contribution in [0.4, 0.5) is 0 Å². The summed E-state index contributed by atoms with van der Waals surface area (Å²) in [4.78, 5) is 14.9. The second-order valence-electron chi connectivity index (χ2n) is 4.88. The lowest BCUT2D eigenvalue weighted by Gasteiger charge is -2.28. The minimum absolute atomic E-state index is 0. The van der Waals surface area contributed by atoms with Crippen LogP contribution in [0.15, 0.2) is 24.2 Å². The normalized spacial score (nSPS) is 23.5. The summed E-state index contributed by atoms with van der Waals surface area (Å²) in [6.45, 7) is 1.26. The van der Waals surface area contributed by atoms with Crippen molar-refractivity contribution in [1.82, 2.24) is 4.90 Å². The smallest absolute Gasteiger partial charge is 0.166 e. The number of ketones is 1. The maximum absolute atomic E-state index is 12.8. The van der Waals surface area contributed by atoms with Gasteiger partial charge < -0.3 is 17.3 Å². The first-order chi connectivity index (χ1) is 11.6. The molecule has 1 aromatic rings. The van der Waals surface area contributed by atoms with Gasteiger partial charge in [0.25, 0.3) is 0 Å². The van der Waals surface area contributed by atoms with Crippen LogP contribution in [-0.2, 0) is 0 Å². The molecule has 2 rings (SSSR count). The van der Waals surface area contributed by atoms with Gasteiger partial charge in [-0.2, -0.15) is 0 Å². The second kappa shape index (κ2) is 7.66. The van der Waals surface area contributed by atoms with E-state index in [1.165, 1.54) is 6.42 Å². The molecule has 1 fully saturated rings. The van der Waals surface area contributed by atoms with E-state index < -0.39 is 48.3 Å². The Hall–Kier alpha value is -0.860. The Morgan fingerprint density at radius 1 is 1.32 bits per heavy atom. The minimum atomic E-state index is -2.76. The highest BCUT2D eigenvalue weighted by Crippen LogP contribution is 2.15. The zero-order chi connectivity index (χ0) is 18.9. The molecule has 2 nitrogen and oxygen atoms in total. The first-order valence-corrected chi connectivity index (χ1v) is 6.43. The molecule has 0 amide bonds. The molecule has 0 N–H and O–H groups in total. The van der Waals surface area contributed by atoms with E-state index >= 15 is 0 Å². The van der Waals surface area contributed by atoms with Crippen LogP contribution in [0.2, 0.25) is 0 Å². The number of Topliss-reactive ketones (excluding diaryl/α,β-unsaturated/α-hetero) is 1. The quantitative estimate of drug-likeness (QED) is 0.743. The average Bonchev–Trinajstić information content (AvgIpc) is 2.53. The van der Waals surface area contributed by atoms with Crippen LogP contribution in [0.3, 0.4) is 0 Å². The van der Waals surface area contributed by atoms with Crippen molar-refractivity contribution < 1.29 is 26.8 Å². The highest BCUT2D eigenvalue weighted by molar-refractivity contribution is 5.97. The predicted octanol–water partition coefficient (Wildman–Crippen LogP) is 0.304. The molecule has 1 heterocycles. The van der Waals surface area contributed by atoms with Gasteiger partial charge in [0, 0.05) is 22.1 Å². The van der Waals surface area contributed by atoms with Gasteiger partial charge in [0.2, 0.25) is 0 Å². The SMILES string of the molecule is [2H]c1c([2H])c(C([2H])([2H])[2H])c([2H])c([2H])c1C(=O)C(C)CN1CCCCC1.[Cl-]. The van der Waals surface area contributed by atoms with Gasteiger partial charge in [0.15, 0.2) is 5.78 Å². The molecule has 1 unspecified atom stereocenters. The maximum atomic E-state index is 12.8. The third-order valence-electron chi connectivity index (χ3n) is 3.30. The van der Waals surface area contributed by atoms with Crippen molar-refractivity contribution in [3.8, 4) is 0 Å². The van der Waals surface area contributed by atoms with Gasteiger partial charge in [-0.1, -0.05) is 43.1 Å². The molecule has 0 radical (unpaired) electrons. The predicted molar refractivity (Wildman–Crippen MR) is 75.0 cm³/mol. The number of halogens is 1. The van der Waals surface area contributed by atoms with Gasteiger partial charge >= 0.3 is 0 Å². The van der Waals surface area contributed by atoms with Crippen molar-refractivity contribution in [2.24, 2.45) is 5.92 Å². The van der Waals surface area contributed by atoms with Crippen LogP contribution in [0.25, 0.3) is 0 Å². The van der Waals surface area contributed by atoms with Gasteiger partial charge in [0.05, 0.1) is 5.48 Å². The number of hydrogen-bond acceptors (Lipinski definition) is 2. The van der Waals surface area contributed by atoms with E-state index in [0.717, 1.165) is 25.9 Å². The first-order valence-electron chi connectivity index (χ1n) is 9.93. The number of carbonyl (C=O) groups excluding carboxylic acids is 1. The van der Waals surface area contributed by atoms with Gasteiger partial charge in [0.1, 0.15) is 0 Å². The van der Waals surface area contributed by atoms with E-state index in [-0.39, 0.29) is 18.0 Å². The average molecular weight is 288 g/mol. The molecule has 19 heavy (non-hydrogen) atoms. The zero-order valence-corrected chi connectivity index (χ0v) is 11.8. The molecule has 1 saturated heterocycles. The van der Waals surface area contributed by atoms with Crippen molar-refractivity contribution in [3.63, 3.8) is 0 Å². The molecule has 1 aliphatic rings. The van der Waals surface area contributed by atoms with Gasteiger partial charge in [-0.15, -0.1) is 0 Å². The van der Waals surface area contributed by atoms with Gasteiger partial charge in [-0.25, -0.2) is 0 Å².